The van der Waals surface area contributed by atoms with E-state index in [4.69, 9.17) is 11.6 Å². The highest BCUT2D eigenvalue weighted by Gasteiger charge is 2.04. The fourth-order valence-electron chi connectivity index (χ4n) is 1.74. The lowest BCUT2D eigenvalue weighted by Gasteiger charge is -2.09. The molecule has 0 unspecified atom stereocenters. The molecule has 1 nitrogen and oxygen atoms in total. The molecule has 0 amide bonds. The summed E-state index contributed by atoms with van der Waals surface area (Å²) in [7, 11) is 0. The number of nitrogens with zero attached hydrogens (tertiary/aromatic N) is 1. The second kappa shape index (κ2) is 4.86. The van der Waals surface area contributed by atoms with E-state index < -0.39 is 0 Å². The van der Waals surface area contributed by atoms with E-state index in [1.165, 1.54) is 10.9 Å². The summed E-state index contributed by atoms with van der Waals surface area (Å²) in [6.07, 6.45) is 0. The maximum Gasteiger partial charge on any atom is 0.0484 e. The van der Waals surface area contributed by atoms with Gasteiger partial charge in [0.1, 0.15) is 0 Å². The number of fused-ring (bicyclic) bond motifs is 1. The van der Waals surface area contributed by atoms with E-state index in [-0.39, 0.29) is 0 Å². The van der Waals surface area contributed by atoms with Crippen LogP contribution in [0.1, 0.15) is 19.4 Å². The van der Waals surface area contributed by atoms with E-state index in [2.05, 4.69) is 37.4 Å². The number of hydrogen-bond acceptors (Lipinski definition) is 0. The quantitative estimate of drug-likeness (QED) is 0.760. The molecule has 16 heavy (non-hydrogen) atoms. The van der Waals surface area contributed by atoms with Crippen LogP contribution in [-0.2, 0) is 6.54 Å². The molecule has 0 aliphatic carbocycles. The van der Waals surface area contributed by atoms with Crippen molar-refractivity contribution < 1.29 is 0 Å². The molecule has 0 aliphatic heterocycles. The monoisotopic (exact) mass is 232 g/mol. The zero-order chi connectivity index (χ0) is 11.5. The van der Waals surface area contributed by atoms with Gasteiger partial charge < -0.3 is 0 Å². The molecule has 0 spiro atoms. The van der Waals surface area contributed by atoms with Gasteiger partial charge in [0.2, 0.25) is 0 Å². The van der Waals surface area contributed by atoms with Gasteiger partial charge in [-0.1, -0.05) is 41.9 Å². The van der Waals surface area contributed by atoms with Crippen molar-refractivity contribution in [3.8, 4) is 0 Å². The van der Waals surface area contributed by atoms with Crippen molar-refractivity contribution in [1.82, 2.24) is 5.32 Å². The molecule has 0 saturated carbocycles. The van der Waals surface area contributed by atoms with Gasteiger partial charge in [0, 0.05) is 23.0 Å². The molecule has 2 rings (SSSR count). The molecule has 2 aromatic carbocycles. The maximum atomic E-state index is 6.16. The lowest BCUT2D eigenvalue weighted by atomic mass is 10.0. The summed E-state index contributed by atoms with van der Waals surface area (Å²) >= 11 is 6.16. The van der Waals surface area contributed by atoms with Crippen molar-refractivity contribution in [1.29, 1.82) is 0 Å². The van der Waals surface area contributed by atoms with Gasteiger partial charge in [0.15, 0.2) is 0 Å². The van der Waals surface area contributed by atoms with Gasteiger partial charge >= 0.3 is 0 Å². The zero-order valence-electron chi connectivity index (χ0n) is 9.57. The maximum absolute atomic E-state index is 6.16. The molecular weight excluding hydrogens is 218 g/mol. The smallest absolute Gasteiger partial charge is 0.0484 e. The van der Waals surface area contributed by atoms with Crippen molar-refractivity contribution in [2.75, 3.05) is 0 Å². The molecular formula is C14H15ClN. The van der Waals surface area contributed by atoms with E-state index in [1.54, 1.807) is 0 Å². The second-order valence-electron chi connectivity index (χ2n) is 4.19. The molecule has 2 aromatic rings. The Hall–Kier alpha value is -1.05. The highest BCUT2D eigenvalue weighted by molar-refractivity contribution is 6.35. The largest absolute Gasteiger partial charge is 0.234 e. The molecule has 0 atom stereocenters. The minimum absolute atomic E-state index is 0.370. The fraction of sp³-hybridized carbons (Fsp3) is 0.286. The number of benzene rings is 2. The molecule has 1 radical (unpaired) electrons. The molecule has 0 saturated heterocycles. The molecule has 0 aromatic heterocycles. The number of halogens is 1. The Balaban J connectivity index is 2.42. The van der Waals surface area contributed by atoms with Crippen LogP contribution in [0.3, 0.4) is 0 Å². The molecule has 0 fully saturated rings. The number of rotatable bonds is 3. The lowest BCUT2D eigenvalue weighted by Crippen LogP contribution is -2.13. The highest BCUT2D eigenvalue weighted by Crippen LogP contribution is 2.26. The average molecular weight is 233 g/mol. The summed E-state index contributed by atoms with van der Waals surface area (Å²) in [6.45, 7) is 4.95. The Morgan fingerprint density at radius 1 is 1.06 bits per heavy atom. The van der Waals surface area contributed by atoms with E-state index in [1.807, 2.05) is 18.2 Å². The Bertz CT molecular complexity index is 491. The Kier molecular flexibility index (Phi) is 3.47. The van der Waals surface area contributed by atoms with Gasteiger partial charge in [-0.25, -0.2) is 5.32 Å². The van der Waals surface area contributed by atoms with Crippen LogP contribution in [0.5, 0.6) is 0 Å². The van der Waals surface area contributed by atoms with Gasteiger partial charge in [-0.3, -0.25) is 0 Å². The van der Waals surface area contributed by atoms with Crippen LogP contribution >= 0.6 is 11.6 Å². The summed E-state index contributed by atoms with van der Waals surface area (Å²) in [5.41, 5.74) is 1.24. The third-order valence-electron chi connectivity index (χ3n) is 2.59. The van der Waals surface area contributed by atoms with Gasteiger partial charge in [-0.2, -0.15) is 0 Å². The van der Waals surface area contributed by atoms with Crippen LogP contribution < -0.4 is 5.32 Å². The first-order valence-electron chi connectivity index (χ1n) is 5.51. The van der Waals surface area contributed by atoms with Crippen LogP contribution in [0.15, 0.2) is 36.4 Å². The summed E-state index contributed by atoms with van der Waals surface area (Å²) < 4.78 is 0. The first-order valence-corrected chi connectivity index (χ1v) is 5.89. The first kappa shape index (κ1) is 11.4. The van der Waals surface area contributed by atoms with Gasteiger partial charge in [-0.05, 0) is 30.9 Å². The van der Waals surface area contributed by atoms with Crippen molar-refractivity contribution in [3.63, 3.8) is 0 Å². The van der Waals surface area contributed by atoms with Crippen LogP contribution in [0.4, 0.5) is 0 Å². The summed E-state index contributed by atoms with van der Waals surface area (Å²) in [4.78, 5) is 0. The topological polar surface area (TPSA) is 14.1 Å². The zero-order valence-corrected chi connectivity index (χ0v) is 10.3. The summed E-state index contributed by atoms with van der Waals surface area (Å²) in [5, 5.41) is 7.66. The third kappa shape index (κ3) is 2.37. The van der Waals surface area contributed by atoms with Gasteiger partial charge in [-0.15, -0.1) is 0 Å². The fourth-order valence-corrected chi connectivity index (χ4v) is 1.97. The Morgan fingerprint density at radius 3 is 2.44 bits per heavy atom. The molecule has 83 valence electrons. The lowest BCUT2D eigenvalue weighted by molar-refractivity contribution is 0.577. The molecule has 2 heteroatoms. The average Bonchev–Trinajstić information content (AvgIpc) is 2.28. The van der Waals surface area contributed by atoms with Gasteiger partial charge in [0.05, 0.1) is 0 Å². The van der Waals surface area contributed by atoms with Crippen molar-refractivity contribution in [2.24, 2.45) is 0 Å². The third-order valence-corrected chi connectivity index (χ3v) is 2.92. The predicted molar refractivity (Wildman–Crippen MR) is 69.9 cm³/mol. The minimum Gasteiger partial charge on any atom is -0.234 e. The van der Waals surface area contributed by atoms with E-state index in [0.717, 1.165) is 17.0 Å². The van der Waals surface area contributed by atoms with E-state index in [9.17, 15) is 0 Å². The standard InChI is InChI=1S/C14H15ClN/c1-10(2)16-9-11-7-8-14(15)13-6-4-3-5-12(11)13/h3-8,10H,9H2,1-2H3. The van der Waals surface area contributed by atoms with Crippen LogP contribution in [0.2, 0.25) is 5.02 Å². The normalized spacial score (nSPS) is 11.2. The molecule has 0 N–H and O–H groups in total. The van der Waals surface area contributed by atoms with Crippen molar-refractivity contribution in [2.45, 2.75) is 26.4 Å². The van der Waals surface area contributed by atoms with Crippen LogP contribution in [-0.4, -0.2) is 6.04 Å². The Morgan fingerprint density at radius 2 is 1.75 bits per heavy atom. The highest BCUT2D eigenvalue weighted by atomic mass is 35.5. The predicted octanol–water partition coefficient (Wildman–Crippen LogP) is 4.01. The SMILES string of the molecule is CC(C)[N]Cc1ccc(Cl)c2ccccc12. The van der Waals surface area contributed by atoms with Crippen molar-refractivity contribution >= 4 is 22.4 Å². The summed E-state index contributed by atoms with van der Waals surface area (Å²) in [6, 6.07) is 12.6. The summed E-state index contributed by atoms with van der Waals surface area (Å²) in [5.74, 6) is 0. The van der Waals surface area contributed by atoms with Crippen LogP contribution in [0.25, 0.3) is 10.8 Å². The van der Waals surface area contributed by atoms with E-state index in [0.29, 0.717) is 6.04 Å². The number of hydrogen-bond donors (Lipinski definition) is 0. The molecule has 0 heterocycles. The minimum atomic E-state index is 0.370. The Labute approximate surface area is 101 Å². The van der Waals surface area contributed by atoms with Crippen LogP contribution in [0, 0.1) is 0 Å². The van der Waals surface area contributed by atoms with E-state index >= 15 is 0 Å². The first-order chi connectivity index (χ1) is 7.68. The second-order valence-corrected chi connectivity index (χ2v) is 4.59. The molecule has 0 aliphatic rings. The van der Waals surface area contributed by atoms with Crippen molar-refractivity contribution in [3.05, 3.63) is 47.0 Å². The van der Waals surface area contributed by atoms with Gasteiger partial charge in [0.25, 0.3) is 0 Å². The molecule has 0 bridgehead atoms.